The number of furan rings is 2. The van der Waals surface area contributed by atoms with Crippen molar-refractivity contribution < 1.29 is 13.6 Å². The van der Waals surface area contributed by atoms with Gasteiger partial charge in [-0.1, -0.05) is 18.2 Å². The molecule has 0 radical (unpaired) electrons. The van der Waals surface area contributed by atoms with Crippen molar-refractivity contribution in [3.8, 4) is 6.07 Å². The zero-order valence-electron chi connectivity index (χ0n) is 15.2. The fourth-order valence-corrected chi connectivity index (χ4v) is 3.60. The molecule has 29 heavy (non-hydrogen) atoms. The van der Waals surface area contributed by atoms with Crippen molar-refractivity contribution >= 4 is 34.6 Å². The lowest BCUT2D eigenvalue weighted by Gasteiger charge is -2.03. The summed E-state index contributed by atoms with van der Waals surface area (Å²) in [4.78, 5) is 17.6. The lowest BCUT2D eigenvalue weighted by atomic mass is 10.2. The molecule has 142 valence electrons. The molecule has 0 atom stereocenters. The number of aromatic nitrogens is 1. The van der Waals surface area contributed by atoms with Crippen molar-refractivity contribution in [2.75, 3.05) is 0 Å². The first-order valence-electron chi connectivity index (χ1n) is 8.77. The predicted molar refractivity (Wildman–Crippen MR) is 109 cm³/mol. The maximum absolute atomic E-state index is 12.2. The molecule has 3 aromatic heterocycles. The smallest absolute Gasteiger partial charge is 0.262 e. The lowest BCUT2D eigenvalue weighted by Crippen LogP contribution is -2.23. The van der Waals surface area contributed by atoms with Crippen molar-refractivity contribution in [1.82, 2.24) is 10.3 Å². The van der Waals surface area contributed by atoms with E-state index in [4.69, 9.17) is 8.83 Å². The molecule has 6 nitrogen and oxygen atoms in total. The third-order valence-electron chi connectivity index (χ3n) is 4.06. The number of rotatable bonds is 6. The van der Waals surface area contributed by atoms with Crippen molar-refractivity contribution in [3.63, 3.8) is 0 Å². The van der Waals surface area contributed by atoms with Crippen molar-refractivity contribution in [3.05, 3.63) is 84.2 Å². The molecule has 0 saturated heterocycles. The zero-order chi connectivity index (χ0) is 20.1. The Morgan fingerprint density at radius 2 is 2.07 bits per heavy atom. The van der Waals surface area contributed by atoms with Crippen molar-refractivity contribution in [2.45, 2.75) is 16.5 Å². The van der Waals surface area contributed by atoms with Crippen LogP contribution in [0.4, 0.5) is 0 Å². The number of para-hydroxylation sites is 1. The van der Waals surface area contributed by atoms with E-state index in [0.29, 0.717) is 16.6 Å². The molecular weight excluding hydrogens is 386 g/mol. The first-order valence-corrected chi connectivity index (χ1v) is 9.58. The molecular formula is C22H15N3O3S. The monoisotopic (exact) mass is 401 g/mol. The topological polar surface area (TPSA) is 92.1 Å². The lowest BCUT2D eigenvalue weighted by molar-refractivity contribution is -0.117. The van der Waals surface area contributed by atoms with E-state index < -0.39 is 5.91 Å². The second-order valence-corrected chi connectivity index (χ2v) is 7.07. The summed E-state index contributed by atoms with van der Waals surface area (Å²) in [5.74, 6) is 0.536. The quantitative estimate of drug-likeness (QED) is 0.369. The number of benzene rings is 1. The van der Waals surface area contributed by atoms with Gasteiger partial charge in [0.1, 0.15) is 23.2 Å². The summed E-state index contributed by atoms with van der Waals surface area (Å²) in [6.07, 6.45) is 4.70. The Kier molecular flexibility index (Phi) is 5.45. The number of nitrogens with one attached hydrogen (secondary N) is 1. The second kappa shape index (κ2) is 8.50. The van der Waals surface area contributed by atoms with E-state index in [1.165, 1.54) is 24.1 Å². The van der Waals surface area contributed by atoms with Gasteiger partial charge in [-0.05, 0) is 48.2 Å². The summed E-state index contributed by atoms with van der Waals surface area (Å²) in [5, 5.41) is 13.6. The number of hydrogen-bond donors (Lipinski definition) is 1. The van der Waals surface area contributed by atoms with E-state index in [1.54, 1.807) is 30.5 Å². The number of amides is 1. The Morgan fingerprint density at radius 1 is 1.17 bits per heavy atom. The van der Waals surface area contributed by atoms with E-state index in [-0.39, 0.29) is 12.1 Å². The van der Waals surface area contributed by atoms with Crippen LogP contribution in [0.1, 0.15) is 11.5 Å². The summed E-state index contributed by atoms with van der Waals surface area (Å²) in [6.45, 7) is 0.207. The highest BCUT2D eigenvalue weighted by Crippen LogP contribution is 2.33. The van der Waals surface area contributed by atoms with E-state index in [1.807, 2.05) is 36.4 Å². The minimum atomic E-state index is -0.493. The maximum Gasteiger partial charge on any atom is 0.262 e. The van der Waals surface area contributed by atoms with Gasteiger partial charge in [-0.15, -0.1) is 0 Å². The summed E-state index contributed by atoms with van der Waals surface area (Å²) >= 11 is 1.44. The highest BCUT2D eigenvalue weighted by Gasteiger charge is 2.12. The summed E-state index contributed by atoms with van der Waals surface area (Å²) in [6, 6.07) is 18.7. The molecule has 1 N–H and O–H groups in total. The molecule has 4 aromatic rings. The van der Waals surface area contributed by atoms with Crippen LogP contribution < -0.4 is 5.32 Å². The van der Waals surface area contributed by atoms with Crippen molar-refractivity contribution in [2.24, 2.45) is 0 Å². The van der Waals surface area contributed by atoms with E-state index in [0.717, 1.165) is 15.8 Å². The van der Waals surface area contributed by atoms with Crippen LogP contribution in [-0.2, 0) is 11.3 Å². The van der Waals surface area contributed by atoms with Gasteiger partial charge < -0.3 is 14.2 Å². The van der Waals surface area contributed by atoms with Gasteiger partial charge >= 0.3 is 0 Å². The molecule has 0 unspecified atom stereocenters. The van der Waals surface area contributed by atoms with Crippen LogP contribution in [-0.4, -0.2) is 10.9 Å². The Labute approximate surface area is 170 Å². The fourth-order valence-electron chi connectivity index (χ4n) is 2.70. The third kappa shape index (κ3) is 4.39. The third-order valence-corrected chi connectivity index (χ3v) is 5.03. The van der Waals surface area contributed by atoms with Gasteiger partial charge in [-0.3, -0.25) is 9.78 Å². The Morgan fingerprint density at radius 3 is 2.90 bits per heavy atom. The number of hydrogen-bond acceptors (Lipinski definition) is 6. The van der Waals surface area contributed by atoms with Gasteiger partial charge in [0.2, 0.25) is 0 Å². The van der Waals surface area contributed by atoms with Crippen molar-refractivity contribution in [1.29, 1.82) is 5.26 Å². The zero-order valence-corrected chi connectivity index (χ0v) is 16.0. The average Bonchev–Trinajstić information content (AvgIpc) is 3.42. The van der Waals surface area contributed by atoms with Crippen LogP contribution in [0.25, 0.3) is 17.0 Å². The second-order valence-electron chi connectivity index (χ2n) is 6.02. The molecule has 3 heterocycles. The predicted octanol–water partition coefficient (Wildman–Crippen LogP) is 4.80. The van der Waals surface area contributed by atoms with E-state index in [9.17, 15) is 10.1 Å². The van der Waals surface area contributed by atoms with E-state index >= 15 is 0 Å². The molecule has 0 aliphatic carbocycles. The van der Waals surface area contributed by atoms with Gasteiger partial charge in [-0.25, -0.2) is 0 Å². The number of fused-ring (bicyclic) bond motifs is 1. The van der Waals surface area contributed by atoms with Crippen LogP contribution >= 0.6 is 11.8 Å². The molecule has 0 saturated carbocycles. The highest BCUT2D eigenvalue weighted by atomic mass is 32.2. The van der Waals surface area contributed by atoms with Gasteiger partial charge in [0.15, 0.2) is 5.09 Å². The Balaban J connectivity index is 1.48. The molecule has 4 rings (SSSR count). The fraction of sp³-hybridized carbons (Fsp3) is 0.0455. The molecule has 1 amide bonds. The summed E-state index contributed by atoms with van der Waals surface area (Å²) in [5.41, 5.74) is 0.845. The normalized spacial score (nSPS) is 11.3. The summed E-state index contributed by atoms with van der Waals surface area (Å²) in [7, 11) is 0. The first-order chi connectivity index (χ1) is 14.2. The first kappa shape index (κ1) is 18.6. The molecule has 1 aromatic carbocycles. The molecule has 0 aliphatic heterocycles. The largest absolute Gasteiger partial charge is 0.467 e. The van der Waals surface area contributed by atoms with Crippen LogP contribution in [0.2, 0.25) is 0 Å². The maximum atomic E-state index is 12.2. The van der Waals surface area contributed by atoms with Crippen LogP contribution in [0.3, 0.4) is 0 Å². The average molecular weight is 401 g/mol. The highest BCUT2D eigenvalue weighted by molar-refractivity contribution is 7.99. The van der Waals surface area contributed by atoms with Gasteiger partial charge in [0.05, 0.1) is 18.3 Å². The standard InChI is InChI=1S/C22H15N3O3S/c23-13-16(22(26)25-14-18-6-3-11-27-18)12-17-8-9-20(28-17)29-19-7-1-4-15-5-2-10-24-21(15)19/h1-12H,14H2,(H,25,26)/b16-12+. The number of carbonyl (C=O) groups is 1. The van der Waals surface area contributed by atoms with Crippen LogP contribution in [0, 0.1) is 11.3 Å². The molecule has 0 bridgehead atoms. The number of nitriles is 1. The summed E-state index contributed by atoms with van der Waals surface area (Å²) < 4.78 is 10.9. The number of carbonyl (C=O) groups excluding carboxylic acids is 1. The molecule has 0 spiro atoms. The van der Waals surface area contributed by atoms with Crippen LogP contribution in [0.5, 0.6) is 0 Å². The molecule has 7 heteroatoms. The van der Waals surface area contributed by atoms with Gasteiger partial charge in [0.25, 0.3) is 5.91 Å². The van der Waals surface area contributed by atoms with E-state index in [2.05, 4.69) is 10.3 Å². The van der Waals surface area contributed by atoms with Gasteiger partial charge in [-0.2, -0.15) is 5.26 Å². The number of nitrogens with zero attached hydrogens (tertiary/aromatic N) is 2. The SMILES string of the molecule is N#C/C(=C\c1ccc(Sc2cccc3cccnc23)o1)C(=O)NCc1ccco1. The van der Waals surface area contributed by atoms with Gasteiger partial charge in [0, 0.05) is 22.6 Å². The minimum Gasteiger partial charge on any atom is -0.467 e. The minimum absolute atomic E-state index is 0.0470. The number of pyridine rings is 1. The Hall–Kier alpha value is -3.76. The molecule has 0 aliphatic rings. The van der Waals surface area contributed by atoms with Crippen LogP contribution in [0.15, 0.2) is 91.5 Å². The Bertz CT molecular complexity index is 1210. The molecule has 0 fully saturated rings.